The fourth-order valence-electron chi connectivity index (χ4n) is 1.57. The Bertz CT molecular complexity index is 503. The Kier molecular flexibility index (Phi) is 3.43. The van der Waals surface area contributed by atoms with Crippen molar-refractivity contribution in [3.8, 4) is 5.75 Å². The summed E-state index contributed by atoms with van der Waals surface area (Å²) in [6, 6.07) is 12.9. The van der Waals surface area contributed by atoms with Gasteiger partial charge >= 0.3 is 0 Å². The minimum Gasteiger partial charge on any atom is -0.486 e. The average molecular weight is 230 g/mol. The van der Waals surface area contributed by atoms with E-state index in [1.54, 1.807) is 12.1 Å². The van der Waals surface area contributed by atoms with E-state index in [2.05, 4.69) is 0 Å². The van der Waals surface area contributed by atoms with Crippen molar-refractivity contribution in [3.05, 3.63) is 65.0 Å². The molecule has 0 saturated heterocycles. The van der Waals surface area contributed by atoms with E-state index in [1.807, 2.05) is 38.1 Å². The van der Waals surface area contributed by atoms with Crippen LogP contribution in [-0.4, -0.2) is 0 Å². The zero-order valence-corrected chi connectivity index (χ0v) is 10.0. The molecule has 0 fully saturated rings. The van der Waals surface area contributed by atoms with Crippen LogP contribution in [0.25, 0.3) is 0 Å². The molecule has 1 nitrogen and oxygen atoms in total. The maximum atomic E-state index is 13.4. The Labute approximate surface area is 101 Å². The van der Waals surface area contributed by atoms with E-state index in [9.17, 15) is 4.39 Å². The topological polar surface area (TPSA) is 9.23 Å². The lowest BCUT2D eigenvalue weighted by Gasteiger charge is -2.08. The first-order valence-electron chi connectivity index (χ1n) is 5.59. The maximum Gasteiger partial charge on any atom is 0.165 e. The molecule has 0 saturated carbocycles. The van der Waals surface area contributed by atoms with Crippen LogP contribution in [-0.2, 0) is 6.61 Å². The molecule has 0 amide bonds. The van der Waals surface area contributed by atoms with E-state index in [-0.39, 0.29) is 5.82 Å². The summed E-state index contributed by atoms with van der Waals surface area (Å²) in [5, 5.41) is 0. The van der Waals surface area contributed by atoms with Gasteiger partial charge in [0.2, 0.25) is 0 Å². The second-order valence-corrected chi connectivity index (χ2v) is 4.21. The molecule has 0 unspecified atom stereocenters. The van der Waals surface area contributed by atoms with Gasteiger partial charge in [0.05, 0.1) is 0 Å². The number of halogens is 1. The van der Waals surface area contributed by atoms with Crippen molar-refractivity contribution in [2.24, 2.45) is 0 Å². The van der Waals surface area contributed by atoms with Gasteiger partial charge in [0.25, 0.3) is 0 Å². The van der Waals surface area contributed by atoms with Crippen LogP contribution in [0.4, 0.5) is 4.39 Å². The molecule has 2 aromatic rings. The number of aryl methyl sites for hydroxylation is 2. The van der Waals surface area contributed by atoms with E-state index in [0.29, 0.717) is 12.4 Å². The van der Waals surface area contributed by atoms with Gasteiger partial charge in [-0.05, 0) is 37.1 Å². The van der Waals surface area contributed by atoms with E-state index in [0.717, 1.165) is 11.1 Å². The lowest BCUT2D eigenvalue weighted by atomic mass is 10.2. The normalized spacial score (nSPS) is 10.3. The fraction of sp³-hybridized carbons (Fsp3) is 0.200. The SMILES string of the molecule is Cc1ccc(COc2cc(C)ccc2F)cc1. The van der Waals surface area contributed by atoms with Gasteiger partial charge in [-0.2, -0.15) is 0 Å². The van der Waals surface area contributed by atoms with Crippen LogP contribution in [0.5, 0.6) is 5.75 Å². The summed E-state index contributed by atoms with van der Waals surface area (Å²) < 4.78 is 18.9. The van der Waals surface area contributed by atoms with E-state index in [1.165, 1.54) is 11.6 Å². The molecule has 0 aliphatic carbocycles. The summed E-state index contributed by atoms with van der Waals surface area (Å²) in [7, 11) is 0. The van der Waals surface area contributed by atoms with Gasteiger partial charge in [-0.1, -0.05) is 35.9 Å². The highest BCUT2D eigenvalue weighted by molar-refractivity contribution is 5.30. The lowest BCUT2D eigenvalue weighted by molar-refractivity contribution is 0.290. The highest BCUT2D eigenvalue weighted by Gasteiger charge is 2.03. The van der Waals surface area contributed by atoms with Crippen molar-refractivity contribution < 1.29 is 9.13 Å². The van der Waals surface area contributed by atoms with Gasteiger partial charge in [-0.25, -0.2) is 4.39 Å². The first kappa shape index (κ1) is 11.6. The van der Waals surface area contributed by atoms with E-state index >= 15 is 0 Å². The highest BCUT2D eigenvalue weighted by Crippen LogP contribution is 2.19. The van der Waals surface area contributed by atoms with Crippen LogP contribution in [0.1, 0.15) is 16.7 Å². The molecule has 2 rings (SSSR count). The van der Waals surface area contributed by atoms with Gasteiger partial charge < -0.3 is 4.74 Å². The second-order valence-electron chi connectivity index (χ2n) is 4.21. The molecule has 0 atom stereocenters. The molecule has 0 aromatic heterocycles. The van der Waals surface area contributed by atoms with Gasteiger partial charge in [-0.15, -0.1) is 0 Å². The Morgan fingerprint density at radius 3 is 2.29 bits per heavy atom. The molecule has 0 aliphatic rings. The van der Waals surface area contributed by atoms with Crippen molar-refractivity contribution in [1.82, 2.24) is 0 Å². The fourth-order valence-corrected chi connectivity index (χ4v) is 1.57. The number of ether oxygens (including phenoxy) is 1. The molecule has 0 aliphatic heterocycles. The molecule has 17 heavy (non-hydrogen) atoms. The van der Waals surface area contributed by atoms with E-state index in [4.69, 9.17) is 4.74 Å². The second kappa shape index (κ2) is 5.00. The molecule has 0 spiro atoms. The molecule has 88 valence electrons. The van der Waals surface area contributed by atoms with Crippen LogP contribution < -0.4 is 4.74 Å². The first-order valence-corrected chi connectivity index (χ1v) is 5.59. The minimum atomic E-state index is -0.317. The molecule has 2 aromatic carbocycles. The number of hydrogen-bond acceptors (Lipinski definition) is 1. The summed E-state index contributed by atoms with van der Waals surface area (Å²) in [4.78, 5) is 0. The molecular weight excluding hydrogens is 215 g/mol. The van der Waals surface area contributed by atoms with Gasteiger partial charge in [0.15, 0.2) is 11.6 Å². The largest absolute Gasteiger partial charge is 0.486 e. The molecule has 2 heteroatoms. The van der Waals surface area contributed by atoms with Crippen LogP contribution in [0.2, 0.25) is 0 Å². The Balaban J connectivity index is 2.07. The van der Waals surface area contributed by atoms with E-state index < -0.39 is 0 Å². The minimum absolute atomic E-state index is 0.311. The third kappa shape index (κ3) is 3.06. The summed E-state index contributed by atoms with van der Waals surface area (Å²) in [6.45, 7) is 4.34. The Hall–Kier alpha value is -1.83. The standard InChI is InChI=1S/C15H15FO/c1-11-3-6-13(7-4-11)10-17-15-9-12(2)5-8-14(15)16/h3-9H,10H2,1-2H3. The number of rotatable bonds is 3. The molecule has 0 N–H and O–H groups in total. The smallest absolute Gasteiger partial charge is 0.165 e. The molecule has 0 radical (unpaired) electrons. The third-order valence-corrected chi connectivity index (χ3v) is 2.60. The summed E-state index contributed by atoms with van der Waals surface area (Å²) in [5.74, 6) is -0.00622. The quantitative estimate of drug-likeness (QED) is 0.773. The number of benzene rings is 2. The highest BCUT2D eigenvalue weighted by atomic mass is 19.1. The monoisotopic (exact) mass is 230 g/mol. The van der Waals surface area contributed by atoms with Crippen molar-refractivity contribution in [1.29, 1.82) is 0 Å². The zero-order valence-electron chi connectivity index (χ0n) is 10.0. The van der Waals surface area contributed by atoms with Crippen LogP contribution in [0, 0.1) is 19.7 Å². The lowest BCUT2D eigenvalue weighted by Crippen LogP contribution is -1.97. The molecular formula is C15H15FO. The summed E-state index contributed by atoms with van der Waals surface area (Å²) in [6.07, 6.45) is 0. The summed E-state index contributed by atoms with van der Waals surface area (Å²) in [5.41, 5.74) is 3.23. The van der Waals surface area contributed by atoms with Gasteiger partial charge in [0, 0.05) is 0 Å². The average Bonchev–Trinajstić information content (AvgIpc) is 2.32. The summed E-state index contributed by atoms with van der Waals surface area (Å²) >= 11 is 0. The van der Waals surface area contributed by atoms with Crippen molar-refractivity contribution >= 4 is 0 Å². The van der Waals surface area contributed by atoms with Crippen molar-refractivity contribution in [2.45, 2.75) is 20.5 Å². The van der Waals surface area contributed by atoms with Crippen LogP contribution in [0.3, 0.4) is 0 Å². The maximum absolute atomic E-state index is 13.4. The predicted octanol–water partition coefficient (Wildman–Crippen LogP) is 4.02. The first-order chi connectivity index (χ1) is 8.15. The zero-order chi connectivity index (χ0) is 12.3. The van der Waals surface area contributed by atoms with Gasteiger partial charge in [0.1, 0.15) is 6.61 Å². The van der Waals surface area contributed by atoms with Crippen molar-refractivity contribution in [3.63, 3.8) is 0 Å². The Morgan fingerprint density at radius 2 is 1.59 bits per heavy atom. The van der Waals surface area contributed by atoms with Crippen molar-refractivity contribution in [2.75, 3.05) is 0 Å². The Morgan fingerprint density at radius 1 is 0.941 bits per heavy atom. The molecule has 0 bridgehead atoms. The van der Waals surface area contributed by atoms with Crippen LogP contribution in [0.15, 0.2) is 42.5 Å². The van der Waals surface area contributed by atoms with Crippen LogP contribution >= 0.6 is 0 Å². The third-order valence-electron chi connectivity index (χ3n) is 2.60. The predicted molar refractivity (Wildman–Crippen MR) is 66.6 cm³/mol. The molecule has 0 heterocycles. The van der Waals surface area contributed by atoms with Gasteiger partial charge in [-0.3, -0.25) is 0 Å². The number of hydrogen-bond donors (Lipinski definition) is 0.